The first-order valence-electron chi connectivity index (χ1n) is 5.36. The van der Waals surface area contributed by atoms with Crippen LogP contribution in [-0.4, -0.2) is 39.9 Å². The number of carboxylic acids is 1. The number of aliphatic carboxylic acids is 1. The molecule has 7 nitrogen and oxygen atoms in total. The zero-order chi connectivity index (χ0) is 14.2. The van der Waals surface area contributed by atoms with E-state index in [1.165, 1.54) is 17.0 Å². The number of rotatable bonds is 3. The van der Waals surface area contributed by atoms with E-state index >= 15 is 0 Å². The van der Waals surface area contributed by atoms with Gasteiger partial charge in [-0.3, -0.25) is 19.7 Å². The fourth-order valence-electron chi connectivity index (χ4n) is 1.77. The normalized spacial score (nSPS) is 14.9. The number of benzene rings is 1. The zero-order valence-corrected chi connectivity index (χ0v) is 10.3. The van der Waals surface area contributed by atoms with Gasteiger partial charge in [0.2, 0.25) is 0 Å². The van der Waals surface area contributed by atoms with E-state index in [9.17, 15) is 19.7 Å². The molecule has 1 amide bonds. The Morgan fingerprint density at radius 2 is 2.05 bits per heavy atom. The van der Waals surface area contributed by atoms with E-state index < -0.39 is 16.8 Å². The molecule has 0 saturated carbocycles. The van der Waals surface area contributed by atoms with Crippen molar-refractivity contribution in [1.29, 1.82) is 0 Å². The fraction of sp³-hybridized carbons (Fsp3) is 0.273. The molecule has 2 rings (SSSR count). The Hall–Kier alpha value is -2.15. The van der Waals surface area contributed by atoms with Crippen molar-refractivity contribution in [2.24, 2.45) is 5.92 Å². The van der Waals surface area contributed by atoms with Gasteiger partial charge in [-0.1, -0.05) is 11.6 Å². The molecule has 1 aromatic rings. The van der Waals surface area contributed by atoms with Crippen LogP contribution >= 0.6 is 11.6 Å². The fourth-order valence-corrected chi connectivity index (χ4v) is 2.02. The third kappa shape index (κ3) is 2.50. The summed E-state index contributed by atoms with van der Waals surface area (Å²) >= 11 is 5.71. The molecule has 19 heavy (non-hydrogen) atoms. The number of nitro groups is 1. The number of carbonyl (C=O) groups is 2. The van der Waals surface area contributed by atoms with Gasteiger partial charge < -0.3 is 10.0 Å². The summed E-state index contributed by atoms with van der Waals surface area (Å²) in [6.45, 7) is 0.283. The lowest BCUT2D eigenvalue weighted by molar-refractivity contribution is -0.384. The molecule has 0 unspecified atom stereocenters. The zero-order valence-electron chi connectivity index (χ0n) is 9.58. The van der Waals surface area contributed by atoms with Crippen LogP contribution in [0.2, 0.25) is 5.02 Å². The van der Waals surface area contributed by atoms with Crippen LogP contribution in [0.25, 0.3) is 0 Å². The number of hydrogen-bond donors (Lipinski definition) is 1. The van der Waals surface area contributed by atoms with Gasteiger partial charge in [-0.15, -0.1) is 0 Å². The predicted molar refractivity (Wildman–Crippen MR) is 65.1 cm³/mol. The lowest BCUT2D eigenvalue weighted by Crippen LogP contribution is -2.53. The van der Waals surface area contributed by atoms with E-state index in [0.29, 0.717) is 0 Å². The van der Waals surface area contributed by atoms with Crippen molar-refractivity contribution in [3.05, 3.63) is 38.9 Å². The minimum absolute atomic E-state index is 0.119. The molecule has 1 saturated heterocycles. The Labute approximate surface area is 112 Å². The van der Waals surface area contributed by atoms with Gasteiger partial charge in [0.1, 0.15) is 5.02 Å². The van der Waals surface area contributed by atoms with Crippen LogP contribution in [0.15, 0.2) is 18.2 Å². The largest absolute Gasteiger partial charge is 0.481 e. The predicted octanol–water partition coefficient (Wildman–Crippen LogP) is 1.40. The highest BCUT2D eigenvalue weighted by atomic mass is 35.5. The highest BCUT2D eigenvalue weighted by Crippen LogP contribution is 2.27. The highest BCUT2D eigenvalue weighted by molar-refractivity contribution is 6.33. The second-order valence-corrected chi connectivity index (χ2v) is 4.58. The van der Waals surface area contributed by atoms with E-state index in [0.717, 1.165) is 6.07 Å². The summed E-state index contributed by atoms with van der Waals surface area (Å²) < 4.78 is 0. The summed E-state index contributed by atoms with van der Waals surface area (Å²) in [6.07, 6.45) is 0. The Kier molecular flexibility index (Phi) is 3.39. The number of amides is 1. The molecule has 0 radical (unpaired) electrons. The van der Waals surface area contributed by atoms with Crippen molar-refractivity contribution in [1.82, 2.24) is 4.90 Å². The molecule has 100 valence electrons. The van der Waals surface area contributed by atoms with Gasteiger partial charge in [-0.25, -0.2) is 0 Å². The van der Waals surface area contributed by atoms with E-state index in [2.05, 4.69) is 0 Å². The van der Waals surface area contributed by atoms with Crippen LogP contribution in [0.4, 0.5) is 5.69 Å². The van der Waals surface area contributed by atoms with Gasteiger partial charge in [0.15, 0.2) is 0 Å². The molecule has 8 heteroatoms. The number of carboxylic acid groups (broad SMARTS) is 1. The molecular weight excluding hydrogens is 276 g/mol. The Bertz CT molecular complexity index is 568. The maximum Gasteiger partial charge on any atom is 0.310 e. The molecule has 0 atom stereocenters. The molecule has 0 bridgehead atoms. The summed E-state index contributed by atoms with van der Waals surface area (Å²) in [5.74, 6) is -1.86. The van der Waals surface area contributed by atoms with Crippen molar-refractivity contribution in [2.75, 3.05) is 13.1 Å². The number of hydrogen-bond acceptors (Lipinski definition) is 4. The van der Waals surface area contributed by atoms with Crippen LogP contribution in [0.5, 0.6) is 0 Å². The van der Waals surface area contributed by atoms with Gasteiger partial charge in [0.05, 0.1) is 10.8 Å². The van der Waals surface area contributed by atoms with Gasteiger partial charge in [-0.2, -0.15) is 0 Å². The summed E-state index contributed by atoms with van der Waals surface area (Å²) in [6, 6.07) is 3.68. The van der Waals surface area contributed by atoms with Gasteiger partial charge >= 0.3 is 5.97 Å². The van der Waals surface area contributed by atoms with Crippen LogP contribution in [0, 0.1) is 16.0 Å². The van der Waals surface area contributed by atoms with E-state index in [1.54, 1.807) is 0 Å². The second kappa shape index (κ2) is 4.85. The first kappa shape index (κ1) is 13.3. The average Bonchev–Trinajstić information content (AvgIpc) is 2.25. The molecule has 1 N–H and O–H groups in total. The highest BCUT2D eigenvalue weighted by Gasteiger charge is 2.36. The third-order valence-electron chi connectivity index (χ3n) is 2.91. The van der Waals surface area contributed by atoms with E-state index in [4.69, 9.17) is 16.7 Å². The molecule has 1 fully saturated rings. The minimum atomic E-state index is -0.939. The topological polar surface area (TPSA) is 101 Å². The maximum atomic E-state index is 11.9. The quantitative estimate of drug-likeness (QED) is 0.668. The van der Waals surface area contributed by atoms with Crippen LogP contribution in [0.1, 0.15) is 10.4 Å². The van der Waals surface area contributed by atoms with Crippen molar-refractivity contribution in [3.63, 3.8) is 0 Å². The first-order valence-corrected chi connectivity index (χ1v) is 5.74. The molecule has 1 heterocycles. The number of likely N-dealkylation sites (tertiary alicyclic amines) is 1. The summed E-state index contributed by atoms with van der Waals surface area (Å²) in [5.41, 5.74) is -0.0651. The molecule has 1 aromatic carbocycles. The Morgan fingerprint density at radius 3 is 2.53 bits per heavy atom. The Balaban J connectivity index is 2.11. The third-order valence-corrected chi connectivity index (χ3v) is 3.21. The summed E-state index contributed by atoms with van der Waals surface area (Å²) in [5, 5.41) is 19.2. The van der Waals surface area contributed by atoms with Crippen molar-refractivity contribution >= 4 is 29.2 Å². The van der Waals surface area contributed by atoms with Crippen molar-refractivity contribution in [3.8, 4) is 0 Å². The number of nitrogens with zero attached hydrogens (tertiary/aromatic N) is 2. The van der Waals surface area contributed by atoms with Crippen LogP contribution in [0.3, 0.4) is 0 Å². The molecule has 0 spiro atoms. The molecule has 0 aliphatic carbocycles. The standard InChI is InChI=1S/C11H9ClN2O5/c12-8-3-6(1-2-9(8)14(18)19)10(15)13-4-7(5-13)11(16)17/h1-3,7H,4-5H2,(H,16,17). The molecular formula is C11H9ClN2O5. The lowest BCUT2D eigenvalue weighted by Gasteiger charge is -2.36. The summed E-state index contributed by atoms with van der Waals surface area (Å²) in [7, 11) is 0. The van der Waals surface area contributed by atoms with Gasteiger partial charge in [-0.05, 0) is 12.1 Å². The molecule has 1 aliphatic rings. The summed E-state index contributed by atoms with van der Waals surface area (Å²) in [4.78, 5) is 33.9. The van der Waals surface area contributed by atoms with Gasteiger partial charge in [0, 0.05) is 24.7 Å². The average molecular weight is 285 g/mol. The second-order valence-electron chi connectivity index (χ2n) is 4.17. The van der Waals surface area contributed by atoms with Gasteiger partial charge in [0.25, 0.3) is 11.6 Å². The Morgan fingerprint density at radius 1 is 1.42 bits per heavy atom. The van der Waals surface area contributed by atoms with E-state index in [-0.39, 0.29) is 35.3 Å². The van der Waals surface area contributed by atoms with Crippen molar-refractivity contribution in [2.45, 2.75) is 0 Å². The van der Waals surface area contributed by atoms with E-state index in [1.807, 2.05) is 0 Å². The smallest absolute Gasteiger partial charge is 0.310 e. The first-order chi connectivity index (χ1) is 8.90. The SMILES string of the molecule is O=C(O)C1CN(C(=O)c2ccc([N+](=O)[O-])c(Cl)c2)C1. The minimum Gasteiger partial charge on any atom is -0.481 e. The van der Waals surface area contributed by atoms with Crippen LogP contribution < -0.4 is 0 Å². The van der Waals surface area contributed by atoms with Crippen molar-refractivity contribution < 1.29 is 19.6 Å². The lowest BCUT2D eigenvalue weighted by atomic mass is 9.99. The van der Waals surface area contributed by atoms with Crippen LogP contribution in [-0.2, 0) is 4.79 Å². The monoisotopic (exact) mass is 284 g/mol. The maximum absolute atomic E-state index is 11.9. The number of nitro benzene ring substituents is 1. The molecule has 0 aromatic heterocycles. The number of carbonyl (C=O) groups excluding carboxylic acids is 1. The molecule has 1 aliphatic heterocycles. The number of halogens is 1.